The second-order valence-electron chi connectivity index (χ2n) is 8.66. The molecule has 2 rings (SSSR count). The lowest BCUT2D eigenvalue weighted by atomic mass is 9.73. The molecule has 1 saturated heterocycles. The summed E-state index contributed by atoms with van der Waals surface area (Å²) in [6, 6.07) is 0. The summed E-state index contributed by atoms with van der Waals surface area (Å²) in [5.74, 6) is 1.22. The van der Waals surface area contributed by atoms with Gasteiger partial charge in [-0.3, -0.25) is 9.89 Å². The van der Waals surface area contributed by atoms with Crippen LogP contribution >= 0.6 is 24.0 Å². The van der Waals surface area contributed by atoms with Crippen LogP contribution in [0.4, 0.5) is 13.2 Å². The molecule has 2 fully saturated rings. The minimum atomic E-state index is -4.10. The smallest absolute Gasteiger partial charge is 0.392 e. The van der Waals surface area contributed by atoms with E-state index in [1.807, 2.05) is 6.92 Å². The fourth-order valence-electron chi connectivity index (χ4n) is 4.25. The van der Waals surface area contributed by atoms with Gasteiger partial charge in [0.15, 0.2) is 5.96 Å². The maximum Gasteiger partial charge on any atom is 0.401 e. The lowest BCUT2D eigenvalue weighted by molar-refractivity contribution is -0.148. The molecule has 2 atom stereocenters. The molecule has 1 heterocycles. The van der Waals surface area contributed by atoms with Gasteiger partial charge in [0.05, 0.1) is 19.2 Å². The lowest BCUT2D eigenvalue weighted by Crippen LogP contribution is -2.43. The van der Waals surface area contributed by atoms with Crippen molar-refractivity contribution in [1.29, 1.82) is 0 Å². The zero-order chi connectivity index (χ0) is 20.6. The molecule has 29 heavy (non-hydrogen) atoms. The maximum absolute atomic E-state index is 12.5. The van der Waals surface area contributed by atoms with E-state index in [1.54, 1.807) is 0 Å². The Morgan fingerprint density at radius 1 is 1.17 bits per heavy atom. The first-order valence-electron chi connectivity index (χ1n) is 10.7. The average molecular weight is 534 g/mol. The van der Waals surface area contributed by atoms with Crippen LogP contribution in [0.3, 0.4) is 0 Å². The molecule has 0 aromatic heterocycles. The Morgan fingerprint density at radius 3 is 2.45 bits per heavy atom. The van der Waals surface area contributed by atoms with Crippen molar-refractivity contribution in [2.45, 2.75) is 71.1 Å². The Hall–Kier alpha value is -0.290. The Balaban J connectivity index is 0.00000420. The van der Waals surface area contributed by atoms with Gasteiger partial charge in [0.1, 0.15) is 0 Å². The van der Waals surface area contributed by atoms with Crippen LogP contribution in [-0.4, -0.2) is 67.5 Å². The van der Waals surface area contributed by atoms with Crippen LogP contribution in [0.1, 0.15) is 58.8 Å². The molecule has 1 aliphatic carbocycles. The molecule has 0 spiro atoms. The largest absolute Gasteiger partial charge is 0.401 e. The van der Waals surface area contributed by atoms with Crippen molar-refractivity contribution in [3.05, 3.63) is 0 Å². The van der Waals surface area contributed by atoms with E-state index in [1.165, 1.54) is 4.90 Å². The number of nitrogens with zero attached hydrogens (tertiary/aromatic N) is 2. The first-order valence-corrected chi connectivity index (χ1v) is 10.7. The number of guanidine groups is 1. The number of hydrogen-bond acceptors (Lipinski definition) is 3. The predicted octanol–water partition coefficient (Wildman–Crippen LogP) is 3.77. The zero-order valence-corrected chi connectivity index (χ0v) is 20.1. The van der Waals surface area contributed by atoms with Gasteiger partial charge in [0.25, 0.3) is 0 Å². The first kappa shape index (κ1) is 26.7. The summed E-state index contributed by atoms with van der Waals surface area (Å²) in [5, 5.41) is 16.9. The van der Waals surface area contributed by atoms with E-state index in [-0.39, 0.29) is 35.5 Å². The molecular weight excluding hydrogens is 496 g/mol. The van der Waals surface area contributed by atoms with Gasteiger partial charge < -0.3 is 15.7 Å². The molecule has 2 unspecified atom stereocenters. The first-order chi connectivity index (χ1) is 13.2. The van der Waals surface area contributed by atoms with E-state index in [9.17, 15) is 18.3 Å². The van der Waals surface area contributed by atoms with Crippen molar-refractivity contribution in [2.75, 3.05) is 39.3 Å². The summed E-state index contributed by atoms with van der Waals surface area (Å²) in [6.45, 7) is 6.50. The van der Waals surface area contributed by atoms with E-state index in [2.05, 4.69) is 17.6 Å². The molecule has 9 heteroatoms. The quantitative estimate of drug-likeness (QED) is 0.265. The minimum absolute atomic E-state index is 0. The number of piperidine rings is 1. The van der Waals surface area contributed by atoms with Gasteiger partial charge in [-0.25, -0.2) is 0 Å². The van der Waals surface area contributed by atoms with Crippen molar-refractivity contribution < 1.29 is 18.3 Å². The Morgan fingerprint density at radius 2 is 1.86 bits per heavy atom. The highest BCUT2D eigenvalue weighted by Crippen LogP contribution is 2.36. The summed E-state index contributed by atoms with van der Waals surface area (Å²) in [7, 11) is 0. The minimum Gasteiger partial charge on any atom is -0.392 e. The summed E-state index contributed by atoms with van der Waals surface area (Å²) in [6.07, 6.45) is 2.23. The molecule has 0 aromatic carbocycles. The van der Waals surface area contributed by atoms with Crippen LogP contribution in [0.5, 0.6) is 0 Å². The van der Waals surface area contributed by atoms with Gasteiger partial charge in [0.2, 0.25) is 0 Å². The van der Waals surface area contributed by atoms with Crippen molar-refractivity contribution >= 4 is 29.9 Å². The second kappa shape index (κ2) is 12.5. The lowest BCUT2D eigenvalue weighted by Gasteiger charge is -2.37. The highest BCUT2D eigenvalue weighted by Gasteiger charge is 2.35. The zero-order valence-electron chi connectivity index (χ0n) is 17.7. The Labute approximate surface area is 190 Å². The number of alkyl halides is 3. The van der Waals surface area contributed by atoms with E-state index >= 15 is 0 Å². The van der Waals surface area contributed by atoms with Gasteiger partial charge in [-0.05, 0) is 58.0 Å². The van der Waals surface area contributed by atoms with Crippen LogP contribution < -0.4 is 10.6 Å². The normalized spacial score (nSPS) is 27.4. The molecule has 1 saturated carbocycles. The molecule has 172 valence electrons. The average Bonchev–Trinajstić information content (AvgIpc) is 2.63. The monoisotopic (exact) mass is 534 g/mol. The molecule has 3 N–H and O–H groups in total. The second-order valence-corrected chi connectivity index (χ2v) is 8.66. The van der Waals surface area contributed by atoms with Crippen LogP contribution in [0.2, 0.25) is 0 Å². The summed E-state index contributed by atoms with van der Waals surface area (Å²) in [5.41, 5.74) is -0.161. The SMILES string of the molecule is CCNC(=NCC1(C)CCCCC1O)NCCC1CCN(CC(F)(F)F)CC1.I. The van der Waals surface area contributed by atoms with E-state index in [4.69, 9.17) is 4.99 Å². The van der Waals surface area contributed by atoms with Crippen molar-refractivity contribution in [2.24, 2.45) is 16.3 Å². The van der Waals surface area contributed by atoms with Crippen molar-refractivity contribution in [3.8, 4) is 0 Å². The fourth-order valence-corrected chi connectivity index (χ4v) is 4.25. The molecule has 0 radical (unpaired) electrons. The molecule has 0 aromatic rings. The van der Waals surface area contributed by atoms with E-state index in [0.29, 0.717) is 25.6 Å². The predicted molar refractivity (Wildman–Crippen MR) is 122 cm³/mol. The highest BCUT2D eigenvalue weighted by atomic mass is 127. The highest BCUT2D eigenvalue weighted by molar-refractivity contribution is 14.0. The number of aliphatic hydroxyl groups is 1. The summed E-state index contributed by atoms with van der Waals surface area (Å²) in [4.78, 5) is 6.20. The number of aliphatic imine (C=N–C) groups is 1. The Bertz CT molecular complexity index is 499. The van der Waals surface area contributed by atoms with Crippen molar-refractivity contribution in [1.82, 2.24) is 15.5 Å². The third-order valence-corrected chi connectivity index (χ3v) is 6.18. The number of rotatable bonds is 7. The van der Waals surface area contributed by atoms with Crippen LogP contribution in [0, 0.1) is 11.3 Å². The molecule has 2 aliphatic rings. The standard InChI is InChI=1S/C20H37F3N4O.HI/c1-3-24-18(26-14-19(2)10-5-4-6-17(19)28)25-11-7-16-8-12-27(13-9-16)15-20(21,22)23;/h16-17,28H,3-15H2,1-2H3,(H2,24,25,26);1H. The van der Waals surface area contributed by atoms with Gasteiger partial charge in [-0.2, -0.15) is 13.2 Å². The van der Waals surface area contributed by atoms with Crippen LogP contribution in [0.25, 0.3) is 0 Å². The topological polar surface area (TPSA) is 59.9 Å². The van der Waals surface area contributed by atoms with Gasteiger partial charge in [-0.1, -0.05) is 19.8 Å². The molecule has 5 nitrogen and oxygen atoms in total. The maximum atomic E-state index is 12.5. The number of nitrogens with one attached hydrogen (secondary N) is 2. The van der Waals surface area contributed by atoms with Crippen molar-refractivity contribution in [3.63, 3.8) is 0 Å². The van der Waals surface area contributed by atoms with Gasteiger partial charge >= 0.3 is 6.18 Å². The third-order valence-electron chi connectivity index (χ3n) is 6.18. The molecule has 0 bridgehead atoms. The third kappa shape index (κ3) is 9.59. The Kier molecular flexibility index (Phi) is 11.6. The van der Waals surface area contributed by atoms with Gasteiger partial charge in [-0.15, -0.1) is 24.0 Å². The van der Waals surface area contributed by atoms with Crippen LogP contribution in [-0.2, 0) is 0 Å². The summed E-state index contributed by atoms with van der Waals surface area (Å²) < 4.78 is 37.4. The van der Waals surface area contributed by atoms with E-state index < -0.39 is 12.7 Å². The van der Waals surface area contributed by atoms with E-state index in [0.717, 1.165) is 64.0 Å². The number of hydrogen-bond donors (Lipinski definition) is 3. The van der Waals surface area contributed by atoms with Gasteiger partial charge in [0, 0.05) is 18.5 Å². The molecule has 0 amide bonds. The van der Waals surface area contributed by atoms with Crippen LogP contribution in [0.15, 0.2) is 4.99 Å². The molecule has 1 aliphatic heterocycles. The number of aliphatic hydroxyl groups excluding tert-OH is 1. The summed E-state index contributed by atoms with van der Waals surface area (Å²) >= 11 is 0. The number of halogens is 4. The fraction of sp³-hybridized carbons (Fsp3) is 0.950. The number of likely N-dealkylation sites (tertiary alicyclic amines) is 1. The molecular formula is C20H38F3IN4O.